The summed E-state index contributed by atoms with van der Waals surface area (Å²) < 4.78 is 5.33. The molecule has 1 fully saturated rings. The number of nitrogens with zero attached hydrogens (tertiary/aromatic N) is 1. The molecule has 0 amide bonds. The third kappa shape index (κ3) is 2.25. The normalized spacial score (nSPS) is 30.0. The van der Waals surface area contributed by atoms with Crippen molar-refractivity contribution in [1.29, 1.82) is 0 Å². The van der Waals surface area contributed by atoms with Crippen LogP contribution in [0.15, 0.2) is 0 Å². The van der Waals surface area contributed by atoms with Gasteiger partial charge in [-0.15, -0.1) is 0 Å². The Kier molecular flexibility index (Phi) is 3.12. The van der Waals surface area contributed by atoms with Crippen LogP contribution >= 0.6 is 0 Å². The fourth-order valence-electron chi connectivity index (χ4n) is 1.08. The Balaban J connectivity index is 2.26. The van der Waals surface area contributed by atoms with E-state index >= 15 is 0 Å². The van der Waals surface area contributed by atoms with Crippen LogP contribution in [0.25, 0.3) is 0 Å². The van der Waals surface area contributed by atoms with Gasteiger partial charge in [-0.1, -0.05) is 0 Å². The summed E-state index contributed by atoms with van der Waals surface area (Å²) >= 11 is 0. The second kappa shape index (κ2) is 3.91. The fraction of sp³-hybridized carbons (Fsp3) is 1.00. The number of ether oxygens (including phenoxy) is 1. The van der Waals surface area contributed by atoms with Gasteiger partial charge in [-0.05, 0) is 13.5 Å². The molecule has 0 radical (unpaired) electrons. The number of aliphatic hydroxyl groups is 1. The molecule has 1 N–H and O–H groups in total. The zero-order chi connectivity index (χ0) is 7.40. The molecule has 3 heteroatoms. The lowest BCUT2D eigenvalue weighted by molar-refractivity contribution is 0.0212. The van der Waals surface area contributed by atoms with Gasteiger partial charge in [0.05, 0.1) is 19.3 Å². The lowest BCUT2D eigenvalue weighted by Crippen LogP contribution is -2.21. The molecule has 3 nitrogen and oxygen atoms in total. The van der Waals surface area contributed by atoms with Crippen molar-refractivity contribution in [1.82, 2.24) is 4.90 Å². The van der Waals surface area contributed by atoms with E-state index in [1.807, 2.05) is 0 Å². The van der Waals surface area contributed by atoms with Crippen LogP contribution in [0.4, 0.5) is 0 Å². The van der Waals surface area contributed by atoms with Gasteiger partial charge >= 0.3 is 0 Å². The molecule has 0 aromatic carbocycles. The molecule has 1 aliphatic rings. The predicted octanol–water partition coefficient (Wildman–Crippen LogP) is -0.301. The molecule has 1 atom stereocenters. The van der Waals surface area contributed by atoms with E-state index in [0.29, 0.717) is 0 Å². The number of aliphatic hydroxyl groups excluding tert-OH is 1. The monoisotopic (exact) mass is 145 g/mol. The molecule has 0 spiro atoms. The molecule has 0 aromatic heterocycles. The van der Waals surface area contributed by atoms with Crippen LogP contribution in [-0.2, 0) is 4.74 Å². The van der Waals surface area contributed by atoms with E-state index in [-0.39, 0.29) is 12.7 Å². The first kappa shape index (κ1) is 7.98. The van der Waals surface area contributed by atoms with E-state index in [1.165, 1.54) is 0 Å². The summed E-state index contributed by atoms with van der Waals surface area (Å²) in [6.45, 7) is 2.93. The van der Waals surface area contributed by atoms with Crippen molar-refractivity contribution in [3.8, 4) is 0 Å². The minimum absolute atomic E-state index is 0.0740. The average molecular weight is 145 g/mol. The highest BCUT2D eigenvalue weighted by atomic mass is 16.5. The Morgan fingerprint density at radius 1 is 1.60 bits per heavy atom. The minimum Gasteiger partial charge on any atom is -0.394 e. The van der Waals surface area contributed by atoms with Crippen LogP contribution in [0.1, 0.15) is 6.42 Å². The molecular weight excluding hydrogens is 130 g/mol. The third-order valence-corrected chi connectivity index (χ3v) is 1.86. The van der Waals surface area contributed by atoms with Crippen LogP contribution in [-0.4, -0.2) is 49.5 Å². The average Bonchev–Trinajstić information content (AvgIpc) is 2.14. The SMILES string of the molecule is CN1CCOC(CO)CC1. The Labute approximate surface area is 61.6 Å². The van der Waals surface area contributed by atoms with Gasteiger partial charge < -0.3 is 14.7 Å². The van der Waals surface area contributed by atoms with E-state index in [2.05, 4.69) is 11.9 Å². The highest BCUT2D eigenvalue weighted by Crippen LogP contribution is 2.03. The van der Waals surface area contributed by atoms with Gasteiger partial charge in [0.15, 0.2) is 0 Å². The Morgan fingerprint density at radius 3 is 3.10 bits per heavy atom. The van der Waals surface area contributed by atoms with E-state index in [1.54, 1.807) is 0 Å². The van der Waals surface area contributed by atoms with Crippen molar-refractivity contribution in [2.75, 3.05) is 33.4 Å². The van der Waals surface area contributed by atoms with Crippen LogP contribution in [0.5, 0.6) is 0 Å². The standard InChI is InChI=1S/C7H15NO2/c1-8-3-2-7(6-9)10-5-4-8/h7,9H,2-6H2,1H3. The summed E-state index contributed by atoms with van der Waals surface area (Å²) in [7, 11) is 2.07. The first-order valence-corrected chi connectivity index (χ1v) is 3.74. The summed E-state index contributed by atoms with van der Waals surface area (Å²) in [6.07, 6.45) is 1.03. The van der Waals surface area contributed by atoms with Crippen molar-refractivity contribution < 1.29 is 9.84 Å². The maximum atomic E-state index is 8.76. The Bertz CT molecular complexity index is 97.6. The lowest BCUT2D eigenvalue weighted by atomic mass is 10.2. The number of hydrogen-bond donors (Lipinski definition) is 1. The zero-order valence-corrected chi connectivity index (χ0v) is 6.42. The molecule has 10 heavy (non-hydrogen) atoms. The smallest absolute Gasteiger partial charge is 0.0818 e. The molecular formula is C7H15NO2. The van der Waals surface area contributed by atoms with Crippen molar-refractivity contribution in [3.05, 3.63) is 0 Å². The van der Waals surface area contributed by atoms with Gasteiger partial charge in [-0.2, -0.15) is 0 Å². The summed E-state index contributed by atoms with van der Waals surface area (Å²) in [5, 5.41) is 8.76. The Morgan fingerprint density at radius 2 is 2.40 bits per heavy atom. The highest BCUT2D eigenvalue weighted by molar-refractivity contribution is 4.64. The molecule has 0 bridgehead atoms. The zero-order valence-electron chi connectivity index (χ0n) is 6.42. The van der Waals surface area contributed by atoms with Gasteiger partial charge in [0.25, 0.3) is 0 Å². The first-order chi connectivity index (χ1) is 4.83. The van der Waals surface area contributed by atoms with E-state index in [4.69, 9.17) is 9.84 Å². The van der Waals surface area contributed by atoms with E-state index in [0.717, 1.165) is 26.1 Å². The predicted molar refractivity (Wildman–Crippen MR) is 38.9 cm³/mol. The highest BCUT2D eigenvalue weighted by Gasteiger charge is 2.13. The summed E-state index contributed by atoms with van der Waals surface area (Å²) in [5.41, 5.74) is 0. The van der Waals surface area contributed by atoms with E-state index in [9.17, 15) is 0 Å². The van der Waals surface area contributed by atoms with Crippen molar-refractivity contribution in [2.45, 2.75) is 12.5 Å². The summed E-state index contributed by atoms with van der Waals surface area (Å²) in [6, 6.07) is 0. The Hall–Kier alpha value is -0.120. The van der Waals surface area contributed by atoms with Gasteiger partial charge in [-0.25, -0.2) is 0 Å². The minimum atomic E-state index is 0.0740. The van der Waals surface area contributed by atoms with Crippen LogP contribution in [0, 0.1) is 0 Å². The topological polar surface area (TPSA) is 32.7 Å². The van der Waals surface area contributed by atoms with Crippen molar-refractivity contribution in [2.24, 2.45) is 0 Å². The van der Waals surface area contributed by atoms with Gasteiger partial charge in [0.2, 0.25) is 0 Å². The molecule has 1 aliphatic heterocycles. The molecule has 1 unspecified atom stereocenters. The number of hydrogen-bond acceptors (Lipinski definition) is 3. The largest absolute Gasteiger partial charge is 0.394 e. The second-order valence-corrected chi connectivity index (χ2v) is 2.77. The van der Waals surface area contributed by atoms with Crippen LogP contribution in [0.3, 0.4) is 0 Å². The second-order valence-electron chi connectivity index (χ2n) is 2.77. The molecule has 0 aliphatic carbocycles. The molecule has 1 rings (SSSR count). The third-order valence-electron chi connectivity index (χ3n) is 1.86. The van der Waals surface area contributed by atoms with Crippen LogP contribution in [0.2, 0.25) is 0 Å². The maximum Gasteiger partial charge on any atom is 0.0818 e. The lowest BCUT2D eigenvalue weighted by Gasteiger charge is -2.10. The van der Waals surface area contributed by atoms with Crippen molar-refractivity contribution >= 4 is 0 Å². The molecule has 0 aromatic rings. The molecule has 1 heterocycles. The first-order valence-electron chi connectivity index (χ1n) is 3.74. The quantitative estimate of drug-likeness (QED) is 0.550. The van der Waals surface area contributed by atoms with Crippen molar-refractivity contribution in [3.63, 3.8) is 0 Å². The van der Waals surface area contributed by atoms with Gasteiger partial charge in [0, 0.05) is 13.1 Å². The maximum absolute atomic E-state index is 8.76. The summed E-state index contributed by atoms with van der Waals surface area (Å²) in [4.78, 5) is 2.22. The molecule has 60 valence electrons. The number of likely N-dealkylation sites (N-methyl/N-ethyl adjacent to an activating group) is 1. The fourth-order valence-corrected chi connectivity index (χ4v) is 1.08. The molecule has 1 saturated heterocycles. The molecule has 0 saturated carbocycles. The van der Waals surface area contributed by atoms with Gasteiger partial charge in [-0.3, -0.25) is 0 Å². The summed E-state index contributed by atoms with van der Waals surface area (Å²) in [5.74, 6) is 0. The number of rotatable bonds is 1. The van der Waals surface area contributed by atoms with Crippen LogP contribution < -0.4 is 0 Å². The van der Waals surface area contributed by atoms with Gasteiger partial charge in [0.1, 0.15) is 0 Å². The van der Waals surface area contributed by atoms with E-state index < -0.39 is 0 Å².